The lowest BCUT2D eigenvalue weighted by molar-refractivity contribution is 0.0612. The Balaban J connectivity index is 2.41. The fourth-order valence-electron chi connectivity index (χ4n) is 1.91. The fourth-order valence-corrected chi connectivity index (χ4v) is 1.91. The monoisotopic (exact) mass is 275 g/mol. The van der Waals surface area contributed by atoms with Crippen molar-refractivity contribution < 1.29 is 19.4 Å². The number of aromatic carboxylic acids is 1. The number of aromatic nitrogens is 1. The van der Waals surface area contributed by atoms with Crippen molar-refractivity contribution >= 4 is 16.9 Å². The predicted octanol–water partition coefficient (Wildman–Crippen LogP) is 2.74. The lowest BCUT2D eigenvalue weighted by Crippen LogP contribution is -2.20. The molecule has 0 aliphatic carbocycles. The predicted molar refractivity (Wildman–Crippen MR) is 75.3 cm³/mol. The zero-order chi connectivity index (χ0) is 14.5. The van der Waals surface area contributed by atoms with Crippen LogP contribution < -0.4 is 4.74 Å². The second-order valence-electron chi connectivity index (χ2n) is 4.41. The Labute approximate surface area is 117 Å². The van der Waals surface area contributed by atoms with Crippen LogP contribution in [0.5, 0.6) is 5.75 Å². The summed E-state index contributed by atoms with van der Waals surface area (Å²) in [6.45, 7) is 4.75. The van der Waals surface area contributed by atoms with Crippen molar-refractivity contribution in [3.63, 3.8) is 0 Å². The van der Waals surface area contributed by atoms with E-state index >= 15 is 0 Å². The topological polar surface area (TPSA) is 68.7 Å². The van der Waals surface area contributed by atoms with Gasteiger partial charge in [-0.15, -0.1) is 0 Å². The third-order valence-electron chi connectivity index (χ3n) is 2.83. The Morgan fingerprint density at radius 3 is 2.85 bits per heavy atom. The molecule has 1 aromatic carbocycles. The van der Waals surface area contributed by atoms with Crippen molar-refractivity contribution in [2.45, 2.75) is 20.0 Å². The number of benzene rings is 1. The molecule has 1 atom stereocenters. The Morgan fingerprint density at radius 1 is 1.40 bits per heavy atom. The molecule has 5 nitrogen and oxygen atoms in total. The van der Waals surface area contributed by atoms with Crippen LogP contribution in [0.4, 0.5) is 0 Å². The van der Waals surface area contributed by atoms with Crippen LogP contribution in [0.1, 0.15) is 24.2 Å². The summed E-state index contributed by atoms with van der Waals surface area (Å²) in [6, 6.07) is 7.30. The molecule has 106 valence electrons. The third-order valence-corrected chi connectivity index (χ3v) is 2.83. The van der Waals surface area contributed by atoms with Crippen LogP contribution in [0, 0.1) is 0 Å². The molecule has 0 bridgehead atoms. The number of rotatable bonds is 6. The number of carbonyl (C=O) groups is 1. The maximum Gasteiger partial charge on any atom is 0.341 e. The second-order valence-corrected chi connectivity index (χ2v) is 4.41. The summed E-state index contributed by atoms with van der Waals surface area (Å²) in [6.07, 6.45) is 1.09. The zero-order valence-electron chi connectivity index (χ0n) is 11.5. The van der Waals surface area contributed by atoms with E-state index in [1.54, 1.807) is 6.07 Å². The molecule has 2 aromatic rings. The number of nitrogens with zero attached hydrogens (tertiary/aromatic N) is 1. The van der Waals surface area contributed by atoms with Crippen molar-refractivity contribution in [3.05, 3.63) is 36.0 Å². The average molecular weight is 275 g/mol. The molecule has 1 unspecified atom stereocenters. The Morgan fingerprint density at radius 2 is 2.15 bits per heavy atom. The lowest BCUT2D eigenvalue weighted by atomic mass is 10.1. The summed E-state index contributed by atoms with van der Waals surface area (Å²) >= 11 is 0. The van der Waals surface area contributed by atoms with Gasteiger partial charge in [0.1, 0.15) is 17.4 Å². The summed E-state index contributed by atoms with van der Waals surface area (Å²) in [5.74, 6) is -0.711. The highest BCUT2D eigenvalue weighted by Crippen LogP contribution is 2.29. The normalized spacial score (nSPS) is 12.3. The van der Waals surface area contributed by atoms with E-state index in [4.69, 9.17) is 9.47 Å². The van der Waals surface area contributed by atoms with Gasteiger partial charge in [-0.25, -0.2) is 4.79 Å². The minimum Gasteiger partial charge on any atom is -0.487 e. The zero-order valence-corrected chi connectivity index (χ0v) is 11.5. The number of hydrogen-bond donors (Lipinski definition) is 1. The van der Waals surface area contributed by atoms with Crippen LogP contribution in [-0.4, -0.2) is 35.4 Å². The molecule has 0 fully saturated rings. The van der Waals surface area contributed by atoms with Crippen LogP contribution in [-0.2, 0) is 4.74 Å². The largest absolute Gasteiger partial charge is 0.487 e. The minimum absolute atomic E-state index is 0.0621. The molecule has 20 heavy (non-hydrogen) atoms. The van der Waals surface area contributed by atoms with E-state index in [1.165, 1.54) is 6.20 Å². The first kappa shape index (κ1) is 14.3. The van der Waals surface area contributed by atoms with E-state index < -0.39 is 5.97 Å². The maximum atomic E-state index is 11.3. The first-order valence-corrected chi connectivity index (χ1v) is 6.49. The van der Waals surface area contributed by atoms with Gasteiger partial charge in [0, 0.05) is 18.2 Å². The second kappa shape index (κ2) is 6.34. The molecular formula is C15H17NO4. The molecule has 5 heteroatoms. The molecule has 1 N–H and O–H groups in total. The number of carboxylic acids is 1. The molecule has 0 spiro atoms. The first-order valence-electron chi connectivity index (χ1n) is 6.49. The average Bonchev–Trinajstić information content (AvgIpc) is 2.45. The molecule has 1 heterocycles. The molecule has 0 saturated carbocycles. The number of hydrogen-bond acceptors (Lipinski definition) is 4. The molecule has 0 amide bonds. The van der Waals surface area contributed by atoms with Gasteiger partial charge in [-0.1, -0.05) is 12.1 Å². The van der Waals surface area contributed by atoms with Gasteiger partial charge in [0.2, 0.25) is 0 Å². The maximum absolute atomic E-state index is 11.3. The van der Waals surface area contributed by atoms with E-state index in [2.05, 4.69) is 4.98 Å². The van der Waals surface area contributed by atoms with Crippen LogP contribution in [0.25, 0.3) is 10.9 Å². The molecule has 1 aromatic heterocycles. The fraction of sp³-hybridized carbons (Fsp3) is 0.333. The van der Waals surface area contributed by atoms with Gasteiger partial charge >= 0.3 is 5.97 Å². The van der Waals surface area contributed by atoms with E-state index in [1.807, 2.05) is 32.0 Å². The number of para-hydroxylation sites is 1. The summed E-state index contributed by atoms with van der Waals surface area (Å²) in [5.41, 5.74) is 0.767. The molecule has 0 aliphatic heterocycles. The Kier molecular flexibility index (Phi) is 4.53. The number of fused-ring (bicyclic) bond motifs is 1. The number of carboxylic acid groups (broad SMARTS) is 1. The molecule has 2 rings (SSSR count). The van der Waals surface area contributed by atoms with Gasteiger partial charge in [-0.2, -0.15) is 0 Å². The standard InChI is InChI=1S/C15H17NO4/c1-3-19-9-10(2)20-14-11-6-4-5-7-13(11)16-8-12(14)15(17)18/h4-8,10H,3,9H2,1-2H3,(H,17,18). The van der Waals surface area contributed by atoms with Gasteiger partial charge in [0.05, 0.1) is 12.1 Å². The van der Waals surface area contributed by atoms with E-state index in [0.29, 0.717) is 29.9 Å². The number of pyridine rings is 1. The lowest BCUT2D eigenvalue weighted by Gasteiger charge is -2.17. The summed E-state index contributed by atoms with van der Waals surface area (Å²) in [5, 5.41) is 9.95. The van der Waals surface area contributed by atoms with Crippen LogP contribution in [0.2, 0.25) is 0 Å². The van der Waals surface area contributed by atoms with Crippen molar-refractivity contribution in [3.8, 4) is 5.75 Å². The van der Waals surface area contributed by atoms with Gasteiger partial charge < -0.3 is 14.6 Å². The van der Waals surface area contributed by atoms with Crippen LogP contribution >= 0.6 is 0 Å². The van der Waals surface area contributed by atoms with Crippen molar-refractivity contribution in [1.29, 1.82) is 0 Å². The van der Waals surface area contributed by atoms with Crippen molar-refractivity contribution in [2.75, 3.05) is 13.2 Å². The smallest absolute Gasteiger partial charge is 0.341 e. The summed E-state index contributed by atoms with van der Waals surface area (Å²) in [4.78, 5) is 15.5. The minimum atomic E-state index is -1.05. The molecule has 0 aliphatic rings. The van der Waals surface area contributed by atoms with Gasteiger partial charge in [0.15, 0.2) is 0 Å². The van der Waals surface area contributed by atoms with Gasteiger partial charge in [-0.05, 0) is 26.0 Å². The highest BCUT2D eigenvalue weighted by molar-refractivity contribution is 5.98. The van der Waals surface area contributed by atoms with Crippen molar-refractivity contribution in [1.82, 2.24) is 4.98 Å². The van der Waals surface area contributed by atoms with Crippen LogP contribution in [0.3, 0.4) is 0 Å². The molecule has 0 saturated heterocycles. The Bertz CT molecular complexity index is 612. The van der Waals surface area contributed by atoms with E-state index in [0.717, 1.165) is 0 Å². The Hall–Kier alpha value is -2.14. The number of ether oxygens (including phenoxy) is 2. The van der Waals surface area contributed by atoms with E-state index in [-0.39, 0.29) is 11.7 Å². The van der Waals surface area contributed by atoms with Gasteiger partial charge in [0.25, 0.3) is 0 Å². The third kappa shape index (κ3) is 3.05. The van der Waals surface area contributed by atoms with Crippen molar-refractivity contribution in [2.24, 2.45) is 0 Å². The van der Waals surface area contributed by atoms with Crippen LogP contribution in [0.15, 0.2) is 30.5 Å². The highest BCUT2D eigenvalue weighted by atomic mass is 16.5. The quantitative estimate of drug-likeness (QED) is 0.877. The van der Waals surface area contributed by atoms with Gasteiger partial charge in [-0.3, -0.25) is 4.98 Å². The molecular weight excluding hydrogens is 258 g/mol. The first-order chi connectivity index (χ1) is 9.63. The van der Waals surface area contributed by atoms with E-state index in [9.17, 15) is 9.90 Å². The molecule has 0 radical (unpaired) electrons. The SMILES string of the molecule is CCOCC(C)Oc1c(C(=O)O)cnc2ccccc12. The highest BCUT2D eigenvalue weighted by Gasteiger charge is 2.18. The summed E-state index contributed by atoms with van der Waals surface area (Å²) < 4.78 is 11.1. The summed E-state index contributed by atoms with van der Waals surface area (Å²) in [7, 11) is 0.